The minimum Gasteiger partial charge on any atom is -0.508 e. The van der Waals surface area contributed by atoms with Crippen LogP contribution in [0.5, 0.6) is 5.75 Å². The number of phenolic OH excluding ortho intramolecular Hbond substituents is 1. The molecule has 0 aromatic heterocycles. The SMILES string of the molecule is CC(CC(F)(F)F)NC1CCCc2cc(O)ccc21. The number of hydrogen-bond donors (Lipinski definition) is 2. The van der Waals surface area contributed by atoms with E-state index in [2.05, 4.69) is 5.32 Å². The van der Waals surface area contributed by atoms with Gasteiger partial charge in [0.15, 0.2) is 0 Å². The van der Waals surface area contributed by atoms with E-state index >= 15 is 0 Å². The van der Waals surface area contributed by atoms with Crippen molar-refractivity contribution in [3.63, 3.8) is 0 Å². The van der Waals surface area contributed by atoms with Crippen molar-refractivity contribution in [2.24, 2.45) is 0 Å². The van der Waals surface area contributed by atoms with Gasteiger partial charge in [0.1, 0.15) is 5.75 Å². The molecule has 106 valence electrons. The number of alkyl halides is 3. The molecule has 1 aliphatic carbocycles. The van der Waals surface area contributed by atoms with Crippen molar-refractivity contribution in [1.82, 2.24) is 5.32 Å². The van der Waals surface area contributed by atoms with Crippen molar-refractivity contribution in [1.29, 1.82) is 0 Å². The average molecular weight is 273 g/mol. The molecule has 1 aromatic rings. The molecule has 2 atom stereocenters. The Kier molecular flexibility index (Phi) is 4.04. The molecule has 0 spiro atoms. The van der Waals surface area contributed by atoms with Crippen LogP contribution in [0.25, 0.3) is 0 Å². The van der Waals surface area contributed by atoms with Crippen molar-refractivity contribution in [3.05, 3.63) is 29.3 Å². The zero-order valence-electron chi connectivity index (χ0n) is 10.8. The van der Waals surface area contributed by atoms with Gasteiger partial charge in [0.25, 0.3) is 0 Å². The highest BCUT2D eigenvalue weighted by molar-refractivity contribution is 5.38. The number of fused-ring (bicyclic) bond motifs is 1. The fourth-order valence-corrected chi connectivity index (χ4v) is 2.72. The van der Waals surface area contributed by atoms with Crippen LogP contribution in [0, 0.1) is 0 Å². The molecule has 1 aliphatic rings. The molecular weight excluding hydrogens is 255 g/mol. The molecule has 0 aliphatic heterocycles. The van der Waals surface area contributed by atoms with Gasteiger partial charge >= 0.3 is 6.18 Å². The predicted octanol–water partition coefficient (Wildman–Crippen LogP) is 3.70. The summed E-state index contributed by atoms with van der Waals surface area (Å²) < 4.78 is 37.0. The molecule has 0 amide bonds. The zero-order valence-corrected chi connectivity index (χ0v) is 10.8. The van der Waals surface area contributed by atoms with Crippen LogP contribution in [0.4, 0.5) is 13.2 Å². The standard InChI is InChI=1S/C14H18F3NO/c1-9(8-14(15,16)17)18-13-4-2-3-10-7-11(19)5-6-12(10)13/h5-7,9,13,18-19H,2-4,8H2,1H3. The highest BCUT2D eigenvalue weighted by Gasteiger charge is 2.31. The van der Waals surface area contributed by atoms with Gasteiger partial charge < -0.3 is 10.4 Å². The largest absolute Gasteiger partial charge is 0.508 e. The summed E-state index contributed by atoms with van der Waals surface area (Å²) in [6.07, 6.45) is -2.34. The van der Waals surface area contributed by atoms with E-state index < -0.39 is 18.6 Å². The van der Waals surface area contributed by atoms with Crippen LogP contribution in [-0.2, 0) is 6.42 Å². The Morgan fingerprint density at radius 1 is 1.42 bits per heavy atom. The molecule has 0 heterocycles. The van der Waals surface area contributed by atoms with Gasteiger partial charge in [0, 0.05) is 12.1 Å². The second-order valence-electron chi connectivity index (χ2n) is 5.21. The number of hydrogen-bond acceptors (Lipinski definition) is 2. The number of benzene rings is 1. The molecular formula is C14H18F3NO. The van der Waals surface area contributed by atoms with Gasteiger partial charge in [-0.05, 0) is 49.4 Å². The van der Waals surface area contributed by atoms with Crippen LogP contribution < -0.4 is 5.32 Å². The van der Waals surface area contributed by atoms with E-state index in [1.165, 1.54) is 0 Å². The summed E-state index contributed by atoms with van der Waals surface area (Å²) in [6, 6.07) is 4.44. The lowest BCUT2D eigenvalue weighted by molar-refractivity contribution is -0.139. The van der Waals surface area contributed by atoms with E-state index in [0.717, 1.165) is 30.4 Å². The first kappa shape index (κ1) is 14.2. The number of aromatic hydroxyl groups is 1. The maximum Gasteiger partial charge on any atom is 0.390 e. The molecule has 0 bridgehead atoms. The summed E-state index contributed by atoms with van der Waals surface area (Å²) >= 11 is 0. The summed E-state index contributed by atoms with van der Waals surface area (Å²) in [5, 5.41) is 12.5. The number of rotatable bonds is 3. The van der Waals surface area contributed by atoms with E-state index in [1.807, 2.05) is 6.07 Å². The maximum atomic E-state index is 12.3. The molecule has 2 nitrogen and oxygen atoms in total. The average Bonchev–Trinajstić information content (AvgIpc) is 2.26. The van der Waals surface area contributed by atoms with Crippen LogP contribution in [0.2, 0.25) is 0 Å². The lowest BCUT2D eigenvalue weighted by atomic mass is 9.87. The third-order valence-corrected chi connectivity index (χ3v) is 3.46. The molecule has 0 saturated carbocycles. The van der Waals surface area contributed by atoms with E-state index in [-0.39, 0.29) is 11.8 Å². The van der Waals surface area contributed by atoms with Gasteiger partial charge in [0.05, 0.1) is 6.42 Å². The Labute approximate surface area is 110 Å². The van der Waals surface area contributed by atoms with E-state index in [1.54, 1.807) is 19.1 Å². The van der Waals surface area contributed by atoms with E-state index in [9.17, 15) is 18.3 Å². The van der Waals surface area contributed by atoms with Crippen molar-refractivity contribution >= 4 is 0 Å². The Hall–Kier alpha value is -1.23. The monoisotopic (exact) mass is 273 g/mol. The minimum atomic E-state index is -4.14. The van der Waals surface area contributed by atoms with Crippen LogP contribution in [0.3, 0.4) is 0 Å². The number of aryl methyl sites for hydroxylation is 1. The quantitative estimate of drug-likeness (QED) is 0.880. The summed E-state index contributed by atoms with van der Waals surface area (Å²) in [5.74, 6) is 0.211. The lowest BCUT2D eigenvalue weighted by Gasteiger charge is -2.29. The molecule has 0 fully saturated rings. The van der Waals surface area contributed by atoms with Crippen LogP contribution in [0.15, 0.2) is 18.2 Å². The molecule has 2 unspecified atom stereocenters. The highest BCUT2D eigenvalue weighted by atomic mass is 19.4. The Balaban J connectivity index is 2.07. The number of nitrogens with one attached hydrogen (secondary N) is 1. The normalized spacial score (nSPS) is 20.9. The zero-order chi connectivity index (χ0) is 14.0. The topological polar surface area (TPSA) is 32.3 Å². The van der Waals surface area contributed by atoms with E-state index in [0.29, 0.717) is 0 Å². The summed E-state index contributed by atoms with van der Waals surface area (Å²) in [5.41, 5.74) is 2.04. The second-order valence-corrected chi connectivity index (χ2v) is 5.21. The van der Waals surface area contributed by atoms with Gasteiger partial charge in [-0.15, -0.1) is 0 Å². The Morgan fingerprint density at radius 2 is 2.16 bits per heavy atom. The fraction of sp³-hybridized carbons (Fsp3) is 0.571. The van der Waals surface area contributed by atoms with Crippen LogP contribution in [-0.4, -0.2) is 17.3 Å². The summed E-state index contributed by atoms with van der Waals surface area (Å²) in [6.45, 7) is 1.56. The van der Waals surface area contributed by atoms with Crippen molar-refractivity contribution in [2.75, 3.05) is 0 Å². The molecule has 2 rings (SSSR count). The van der Waals surface area contributed by atoms with Gasteiger partial charge in [-0.1, -0.05) is 6.07 Å². The van der Waals surface area contributed by atoms with Gasteiger partial charge in [-0.3, -0.25) is 0 Å². The van der Waals surface area contributed by atoms with Crippen molar-refractivity contribution in [3.8, 4) is 5.75 Å². The minimum absolute atomic E-state index is 0.0540. The van der Waals surface area contributed by atoms with Crippen LogP contribution in [0.1, 0.15) is 43.4 Å². The third-order valence-electron chi connectivity index (χ3n) is 3.46. The number of phenols is 1. The molecule has 2 N–H and O–H groups in total. The third kappa shape index (κ3) is 3.86. The molecule has 5 heteroatoms. The molecule has 1 aromatic carbocycles. The number of halogens is 3. The summed E-state index contributed by atoms with van der Waals surface area (Å²) in [4.78, 5) is 0. The predicted molar refractivity (Wildman–Crippen MR) is 67.1 cm³/mol. The smallest absolute Gasteiger partial charge is 0.390 e. The van der Waals surface area contributed by atoms with Crippen molar-refractivity contribution < 1.29 is 18.3 Å². The van der Waals surface area contributed by atoms with Crippen molar-refractivity contribution in [2.45, 2.75) is 50.9 Å². The maximum absolute atomic E-state index is 12.3. The lowest BCUT2D eigenvalue weighted by Crippen LogP contribution is -2.35. The Bertz CT molecular complexity index is 445. The first-order valence-electron chi connectivity index (χ1n) is 6.50. The first-order chi connectivity index (χ1) is 8.85. The Morgan fingerprint density at radius 3 is 2.84 bits per heavy atom. The van der Waals surface area contributed by atoms with E-state index in [4.69, 9.17) is 0 Å². The molecule has 0 saturated heterocycles. The van der Waals surface area contributed by atoms with Crippen LogP contribution >= 0.6 is 0 Å². The fourth-order valence-electron chi connectivity index (χ4n) is 2.72. The summed E-state index contributed by atoms with van der Waals surface area (Å²) in [7, 11) is 0. The first-order valence-corrected chi connectivity index (χ1v) is 6.50. The second kappa shape index (κ2) is 5.41. The van der Waals surface area contributed by atoms with Gasteiger partial charge in [-0.2, -0.15) is 13.2 Å². The van der Waals surface area contributed by atoms with Gasteiger partial charge in [0.2, 0.25) is 0 Å². The highest BCUT2D eigenvalue weighted by Crippen LogP contribution is 2.33. The molecule has 19 heavy (non-hydrogen) atoms. The van der Waals surface area contributed by atoms with Gasteiger partial charge in [-0.25, -0.2) is 0 Å². The molecule has 0 radical (unpaired) electrons.